The summed E-state index contributed by atoms with van der Waals surface area (Å²) in [6, 6.07) is 6.81. The summed E-state index contributed by atoms with van der Waals surface area (Å²) in [5.74, 6) is -1.70. The Morgan fingerprint density at radius 3 is 2.25 bits per heavy atom. The quantitative estimate of drug-likeness (QED) is 0.726. The number of carboxylic acids is 2. The highest BCUT2D eigenvalue weighted by Gasteiger charge is 2.07. The molecule has 0 amide bonds. The van der Waals surface area contributed by atoms with Crippen LogP contribution in [-0.4, -0.2) is 40.1 Å². The second-order valence-corrected chi connectivity index (χ2v) is 4.78. The predicted octanol–water partition coefficient (Wildman–Crippen LogP) is 2.46. The molecule has 20 heavy (non-hydrogen) atoms. The SMILES string of the molecule is CCCN(CCCC(=O)O)Cc1ccc(C(=O)O)cc1. The molecule has 0 heterocycles. The van der Waals surface area contributed by atoms with E-state index < -0.39 is 11.9 Å². The van der Waals surface area contributed by atoms with Crippen LogP contribution in [0.15, 0.2) is 24.3 Å². The predicted molar refractivity (Wildman–Crippen MR) is 75.8 cm³/mol. The molecule has 0 radical (unpaired) electrons. The standard InChI is InChI=1S/C15H21NO4/c1-2-9-16(10-3-4-14(17)18)11-12-5-7-13(8-6-12)15(19)20/h5-8H,2-4,9-11H2,1H3,(H,17,18)(H,19,20). The van der Waals surface area contributed by atoms with Crippen LogP contribution < -0.4 is 0 Å². The Balaban J connectivity index is 2.55. The van der Waals surface area contributed by atoms with Crippen molar-refractivity contribution in [2.75, 3.05) is 13.1 Å². The van der Waals surface area contributed by atoms with E-state index in [-0.39, 0.29) is 12.0 Å². The van der Waals surface area contributed by atoms with E-state index in [1.165, 1.54) is 0 Å². The molecule has 0 aliphatic heterocycles. The topological polar surface area (TPSA) is 77.8 Å². The zero-order valence-electron chi connectivity index (χ0n) is 11.7. The summed E-state index contributed by atoms with van der Waals surface area (Å²) < 4.78 is 0. The number of rotatable bonds is 9. The van der Waals surface area contributed by atoms with E-state index in [4.69, 9.17) is 10.2 Å². The maximum absolute atomic E-state index is 10.8. The molecule has 0 spiro atoms. The lowest BCUT2D eigenvalue weighted by Gasteiger charge is -2.21. The maximum atomic E-state index is 10.8. The molecule has 110 valence electrons. The molecular formula is C15H21NO4. The van der Waals surface area contributed by atoms with Crippen LogP contribution in [0.3, 0.4) is 0 Å². The fourth-order valence-electron chi connectivity index (χ4n) is 2.05. The van der Waals surface area contributed by atoms with E-state index in [1.807, 2.05) is 12.1 Å². The van der Waals surface area contributed by atoms with Crippen LogP contribution in [0, 0.1) is 0 Å². The van der Waals surface area contributed by atoms with Crippen LogP contribution >= 0.6 is 0 Å². The second-order valence-electron chi connectivity index (χ2n) is 4.78. The average molecular weight is 279 g/mol. The van der Waals surface area contributed by atoms with Crippen molar-refractivity contribution in [2.24, 2.45) is 0 Å². The van der Waals surface area contributed by atoms with Gasteiger partial charge in [-0.3, -0.25) is 9.69 Å². The largest absolute Gasteiger partial charge is 0.481 e. The van der Waals surface area contributed by atoms with Gasteiger partial charge in [0.15, 0.2) is 0 Å². The van der Waals surface area contributed by atoms with Gasteiger partial charge in [-0.2, -0.15) is 0 Å². The number of benzene rings is 1. The minimum absolute atomic E-state index is 0.179. The van der Waals surface area contributed by atoms with Crippen LogP contribution in [0.25, 0.3) is 0 Å². The van der Waals surface area contributed by atoms with Crippen LogP contribution in [0.4, 0.5) is 0 Å². The van der Waals surface area contributed by atoms with Crippen molar-refractivity contribution in [3.63, 3.8) is 0 Å². The molecule has 0 aliphatic rings. The second kappa shape index (κ2) is 8.32. The summed E-state index contributed by atoms with van der Waals surface area (Å²) in [6.07, 6.45) is 1.81. The zero-order chi connectivity index (χ0) is 15.0. The van der Waals surface area contributed by atoms with Crippen LogP contribution in [0.1, 0.15) is 42.1 Å². The lowest BCUT2D eigenvalue weighted by molar-refractivity contribution is -0.137. The number of carbonyl (C=O) groups is 2. The molecule has 0 unspecified atom stereocenters. The molecule has 2 N–H and O–H groups in total. The van der Waals surface area contributed by atoms with Crippen LogP contribution in [0.5, 0.6) is 0 Å². The first kappa shape index (κ1) is 16.2. The van der Waals surface area contributed by atoms with Gasteiger partial charge in [0.05, 0.1) is 5.56 Å². The summed E-state index contributed by atoms with van der Waals surface area (Å²) >= 11 is 0. The Kier molecular flexibility index (Phi) is 6.73. The van der Waals surface area contributed by atoms with E-state index in [2.05, 4.69) is 11.8 Å². The van der Waals surface area contributed by atoms with E-state index in [1.54, 1.807) is 12.1 Å². The molecule has 0 aromatic heterocycles. The number of aromatic carboxylic acids is 1. The lowest BCUT2D eigenvalue weighted by atomic mass is 10.1. The summed E-state index contributed by atoms with van der Waals surface area (Å²) in [7, 11) is 0. The molecule has 0 aliphatic carbocycles. The van der Waals surface area contributed by atoms with E-state index in [0.29, 0.717) is 13.0 Å². The van der Waals surface area contributed by atoms with Crippen LogP contribution in [0.2, 0.25) is 0 Å². The van der Waals surface area contributed by atoms with Gasteiger partial charge in [-0.05, 0) is 43.6 Å². The molecule has 1 aromatic rings. The van der Waals surface area contributed by atoms with Gasteiger partial charge in [0, 0.05) is 13.0 Å². The molecule has 0 atom stereocenters. The monoisotopic (exact) mass is 279 g/mol. The van der Waals surface area contributed by atoms with Gasteiger partial charge >= 0.3 is 11.9 Å². The highest BCUT2D eigenvalue weighted by atomic mass is 16.4. The van der Waals surface area contributed by atoms with E-state index in [9.17, 15) is 9.59 Å². The smallest absolute Gasteiger partial charge is 0.335 e. The third-order valence-electron chi connectivity index (χ3n) is 3.01. The molecule has 5 heteroatoms. The van der Waals surface area contributed by atoms with Gasteiger partial charge in [0.2, 0.25) is 0 Å². The summed E-state index contributed by atoms with van der Waals surface area (Å²) in [5.41, 5.74) is 1.32. The average Bonchev–Trinajstić information content (AvgIpc) is 2.39. The Hall–Kier alpha value is -1.88. The molecule has 0 fully saturated rings. The number of carboxylic acid groups (broad SMARTS) is 2. The number of hydrogen-bond donors (Lipinski definition) is 2. The minimum Gasteiger partial charge on any atom is -0.481 e. The van der Waals surface area contributed by atoms with Gasteiger partial charge in [-0.25, -0.2) is 4.79 Å². The van der Waals surface area contributed by atoms with E-state index in [0.717, 1.165) is 25.1 Å². The molecular weight excluding hydrogens is 258 g/mol. The Morgan fingerprint density at radius 2 is 1.75 bits per heavy atom. The summed E-state index contributed by atoms with van der Waals surface area (Å²) in [6.45, 7) is 4.44. The van der Waals surface area contributed by atoms with Crippen LogP contribution in [-0.2, 0) is 11.3 Å². The van der Waals surface area contributed by atoms with Gasteiger partial charge in [0.25, 0.3) is 0 Å². The first-order valence-corrected chi connectivity index (χ1v) is 6.79. The lowest BCUT2D eigenvalue weighted by Crippen LogP contribution is -2.25. The highest BCUT2D eigenvalue weighted by molar-refractivity contribution is 5.87. The summed E-state index contributed by atoms with van der Waals surface area (Å²) in [4.78, 5) is 23.5. The fourth-order valence-corrected chi connectivity index (χ4v) is 2.05. The van der Waals surface area contributed by atoms with Crippen molar-refractivity contribution in [3.8, 4) is 0 Å². The first-order chi connectivity index (χ1) is 9.52. The fraction of sp³-hybridized carbons (Fsp3) is 0.467. The van der Waals surface area contributed by atoms with Crippen molar-refractivity contribution in [2.45, 2.75) is 32.7 Å². The highest BCUT2D eigenvalue weighted by Crippen LogP contribution is 2.09. The van der Waals surface area contributed by atoms with Gasteiger partial charge in [0.1, 0.15) is 0 Å². The van der Waals surface area contributed by atoms with Crippen molar-refractivity contribution in [3.05, 3.63) is 35.4 Å². The minimum atomic E-state index is -0.927. The normalized spacial score (nSPS) is 10.7. The Bertz CT molecular complexity index is 442. The number of hydrogen-bond acceptors (Lipinski definition) is 3. The summed E-state index contributed by atoms with van der Waals surface area (Å²) in [5, 5.41) is 17.5. The van der Waals surface area contributed by atoms with Crippen molar-refractivity contribution < 1.29 is 19.8 Å². The molecule has 0 saturated heterocycles. The van der Waals surface area contributed by atoms with Gasteiger partial charge in [-0.15, -0.1) is 0 Å². The third-order valence-corrected chi connectivity index (χ3v) is 3.01. The van der Waals surface area contributed by atoms with E-state index >= 15 is 0 Å². The number of aliphatic carboxylic acids is 1. The molecule has 0 saturated carbocycles. The first-order valence-electron chi connectivity index (χ1n) is 6.79. The van der Waals surface area contributed by atoms with Gasteiger partial charge in [-0.1, -0.05) is 19.1 Å². The third kappa shape index (κ3) is 5.84. The zero-order valence-corrected chi connectivity index (χ0v) is 11.7. The number of nitrogens with zero attached hydrogens (tertiary/aromatic N) is 1. The molecule has 1 aromatic carbocycles. The maximum Gasteiger partial charge on any atom is 0.335 e. The molecule has 1 rings (SSSR count). The Labute approximate surface area is 118 Å². The van der Waals surface area contributed by atoms with Crippen molar-refractivity contribution in [1.82, 2.24) is 4.90 Å². The molecule has 0 bridgehead atoms. The van der Waals surface area contributed by atoms with Gasteiger partial charge < -0.3 is 10.2 Å². The molecule has 5 nitrogen and oxygen atoms in total. The van der Waals surface area contributed by atoms with Crippen molar-refractivity contribution in [1.29, 1.82) is 0 Å². The Morgan fingerprint density at radius 1 is 1.10 bits per heavy atom. The van der Waals surface area contributed by atoms with Crippen molar-refractivity contribution >= 4 is 11.9 Å².